The number of aliphatic hydroxyl groups is 1. The third-order valence-corrected chi connectivity index (χ3v) is 8.48. The van der Waals surface area contributed by atoms with Gasteiger partial charge in [-0.3, -0.25) is 0 Å². The van der Waals surface area contributed by atoms with Crippen molar-refractivity contribution in [1.82, 2.24) is 0 Å². The van der Waals surface area contributed by atoms with Gasteiger partial charge < -0.3 is 9.53 Å². The van der Waals surface area contributed by atoms with E-state index in [1.807, 2.05) is 13.8 Å². The molecule has 0 aliphatic rings. The van der Waals surface area contributed by atoms with E-state index in [2.05, 4.69) is 45.7 Å². The average Bonchev–Trinajstić information content (AvgIpc) is 2.23. The van der Waals surface area contributed by atoms with Gasteiger partial charge >= 0.3 is 0 Å². The van der Waals surface area contributed by atoms with Crippen LogP contribution in [-0.2, 0) is 4.43 Å². The first-order valence-corrected chi connectivity index (χ1v) is 9.68. The van der Waals surface area contributed by atoms with Gasteiger partial charge in [0.1, 0.15) is 0 Å². The molecule has 0 bridgehead atoms. The summed E-state index contributed by atoms with van der Waals surface area (Å²) in [7, 11) is -1.71. The molecule has 0 amide bonds. The zero-order valence-electron chi connectivity index (χ0n) is 13.3. The second-order valence-electron chi connectivity index (χ2n) is 6.72. The van der Waals surface area contributed by atoms with Crippen molar-refractivity contribution in [3.63, 3.8) is 0 Å². The van der Waals surface area contributed by atoms with Gasteiger partial charge in [0, 0.05) is 18.4 Å². The van der Waals surface area contributed by atoms with Gasteiger partial charge in [-0.25, -0.2) is 0 Å². The van der Waals surface area contributed by atoms with E-state index in [0.717, 1.165) is 0 Å². The molecule has 106 valence electrons. The quantitative estimate of drug-likeness (QED) is 0.610. The fourth-order valence-corrected chi connectivity index (χ4v) is 2.57. The normalized spacial score (nSPS) is 17.6. The van der Waals surface area contributed by atoms with Crippen LogP contribution in [0.4, 0.5) is 0 Å². The molecule has 0 saturated carbocycles. The van der Waals surface area contributed by atoms with E-state index in [9.17, 15) is 5.11 Å². The van der Waals surface area contributed by atoms with Gasteiger partial charge in [0.2, 0.25) is 0 Å². The molecule has 0 saturated heterocycles. The first-order valence-electron chi connectivity index (χ1n) is 6.77. The molecule has 0 aromatic carbocycles. The lowest BCUT2D eigenvalue weighted by Gasteiger charge is -2.37. The van der Waals surface area contributed by atoms with Crippen molar-refractivity contribution in [1.29, 1.82) is 0 Å². The van der Waals surface area contributed by atoms with E-state index >= 15 is 0 Å². The molecule has 0 unspecified atom stereocenters. The molecule has 0 fully saturated rings. The SMILES string of the molecule is CC#C[C@@H](C)[C@@H](O)[C@H](C)CO[Si](C)(C)C(C)(C)C. The van der Waals surface area contributed by atoms with Gasteiger partial charge in [-0.15, -0.1) is 5.92 Å². The minimum Gasteiger partial charge on any atom is -0.416 e. The first-order chi connectivity index (χ1) is 8.03. The Morgan fingerprint density at radius 2 is 1.72 bits per heavy atom. The third kappa shape index (κ3) is 5.13. The molecule has 0 radical (unpaired) electrons. The molecule has 0 spiro atoms. The van der Waals surface area contributed by atoms with Crippen molar-refractivity contribution >= 4 is 8.32 Å². The summed E-state index contributed by atoms with van der Waals surface area (Å²) in [4.78, 5) is 0. The van der Waals surface area contributed by atoms with Gasteiger partial charge in [0.05, 0.1) is 6.10 Å². The Bertz CT molecular complexity index is 307. The molecule has 2 nitrogen and oxygen atoms in total. The maximum atomic E-state index is 10.1. The molecule has 0 aliphatic heterocycles. The lowest BCUT2D eigenvalue weighted by atomic mass is 9.94. The van der Waals surface area contributed by atoms with Crippen LogP contribution >= 0.6 is 0 Å². The summed E-state index contributed by atoms with van der Waals surface area (Å²) in [6.45, 7) is 17.6. The molecule has 0 heterocycles. The number of hydrogen-bond acceptors (Lipinski definition) is 2. The van der Waals surface area contributed by atoms with Crippen LogP contribution in [-0.4, -0.2) is 26.1 Å². The molecule has 0 aromatic heterocycles. The number of rotatable bonds is 5. The second kappa shape index (κ2) is 6.74. The van der Waals surface area contributed by atoms with Crippen molar-refractivity contribution in [3.8, 4) is 11.8 Å². The predicted molar refractivity (Wildman–Crippen MR) is 80.9 cm³/mol. The predicted octanol–water partition coefficient (Wildman–Crippen LogP) is 3.66. The maximum Gasteiger partial charge on any atom is 0.191 e. The molecule has 0 aliphatic carbocycles. The van der Waals surface area contributed by atoms with E-state index in [0.29, 0.717) is 6.61 Å². The second-order valence-corrected chi connectivity index (χ2v) is 11.5. The van der Waals surface area contributed by atoms with Crippen LogP contribution < -0.4 is 0 Å². The minimum atomic E-state index is -1.71. The van der Waals surface area contributed by atoms with Crippen LogP contribution in [0.5, 0.6) is 0 Å². The van der Waals surface area contributed by atoms with Crippen molar-refractivity contribution in [2.75, 3.05) is 6.61 Å². The Kier molecular flexibility index (Phi) is 6.63. The number of hydrogen-bond donors (Lipinski definition) is 1. The van der Waals surface area contributed by atoms with E-state index in [1.54, 1.807) is 6.92 Å². The van der Waals surface area contributed by atoms with Crippen molar-refractivity contribution < 1.29 is 9.53 Å². The Morgan fingerprint density at radius 1 is 1.22 bits per heavy atom. The van der Waals surface area contributed by atoms with Crippen LogP contribution in [0, 0.1) is 23.7 Å². The van der Waals surface area contributed by atoms with Gasteiger partial charge in [0.15, 0.2) is 8.32 Å². The molecule has 18 heavy (non-hydrogen) atoms. The van der Waals surface area contributed by atoms with Gasteiger partial charge in [-0.05, 0) is 32.0 Å². The lowest BCUT2D eigenvalue weighted by Crippen LogP contribution is -2.43. The molecule has 0 aromatic rings. The highest BCUT2D eigenvalue weighted by atomic mass is 28.4. The molecule has 3 heteroatoms. The Hall–Kier alpha value is -0.303. The fraction of sp³-hybridized carbons (Fsp3) is 0.867. The minimum absolute atomic E-state index is 0.00742. The Morgan fingerprint density at radius 3 is 2.11 bits per heavy atom. The standard InChI is InChI=1S/C15H30O2Si/c1-9-10-12(2)14(16)13(3)11-17-18(7,8)15(4,5)6/h12-14,16H,11H2,1-8H3/t12-,13-,14-/m1/s1. The van der Waals surface area contributed by atoms with Crippen molar-refractivity contribution in [2.24, 2.45) is 11.8 Å². The van der Waals surface area contributed by atoms with Gasteiger partial charge in [-0.2, -0.15) is 0 Å². The highest BCUT2D eigenvalue weighted by Crippen LogP contribution is 2.36. The van der Waals surface area contributed by atoms with Crippen molar-refractivity contribution in [2.45, 2.75) is 65.8 Å². The molecule has 1 N–H and O–H groups in total. The fourth-order valence-electron chi connectivity index (χ4n) is 1.46. The zero-order valence-corrected chi connectivity index (χ0v) is 14.3. The van der Waals surface area contributed by atoms with E-state index < -0.39 is 14.4 Å². The average molecular weight is 270 g/mol. The third-order valence-electron chi connectivity index (χ3n) is 3.98. The smallest absolute Gasteiger partial charge is 0.191 e. The van der Waals surface area contributed by atoms with Crippen LogP contribution in [0.1, 0.15) is 41.5 Å². The van der Waals surface area contributed by atoms with Gasteiger partial charge in [0.25, 0.3) is 0 Å². The summed E-state index contributed by atoms with van der Waals surface area (Å²) in [5.41, 5.74) is 0. The molecular weight excluding hydrogens is 240 g/mol. The largest absolute Gasteiger partial charge is 0.416 e. The summed E-state index contributed by atoms with van der Waals surface area (Å²) < 4.78 is 6.14. The van der Waals surface area contributed by atoms with E-state index in [1.165, 1.54) is 0 Å². The topological polar surface area (TPSA) is 29.5 Å². The summed E-state index contributed by atoms with van der Waals surface area (Å²) in [6.07, 6.45) is -0.415. The van der Waals surface area contributed by atoms with Crippen molar-refractivity contribution in [3.05, 3.63) is 0 Å². The van der Waals surface area contributed by atoms with Crippen LogP contribution in [0.3, 0.4) is 0 Å². The maximum absolute atomic E-state index is 10.1. The summed E-state index contributed by atoms with van der Waals surface area (Å²) in [5, 5.41) is 10.4. The first kappa shape index (κ1) is 17.7. The van der Waals surface area contributed by atoms with Gasteiger partial charge in [-0.1, -0.05) is 33.6 Å². The summed E-state index contributed by atoms with van der Waals surface area (Å²) >= 11 is 0. The number of aliphatic hydroxyl groups excluding tert-OH is 1. The molecule has 3 atom stereocenters. The summed E-state index contributed by atoms with van der Waals surface area (Å²) in [5.74, 6) is 5.99. The van der Waals surface area contributed by atoms with E-state index in [4.69, 9.17) is 4.43 Å². The molecule has 0 rings (SSSR count). The highest BCUT2D eigenvalue weighted by Gasteiger charge is 2.37. The highest BCUT2D eigenvalue weighted by molar-refractivity contribution is 6.74. The summed E-state index contributed by atoms with van der Waals surface area (Å²) in [6, 6.07) is 0. The lowest BCUT2D eigenvalue weighted by molar-refractivity contribution is 0.0566. The Balaban J connectivity index is 4.41. The van der Waals surface area contributed by atoms with Crippen LogP contribution in [0.25, 0.3) is 0 Å². The van der Waals surface area contributed by atoms with Crippen LogP contribution in [0.2, 0.25) is 18.1 Å². The monoisotopic (exact) mass is 270 g/mol. The van der Waals surface area contributed by atoms with E-state index in [-0.39, 0.29) is 16.9 Å². The molecular formula is C15H30O2Si. The zero-order chi connectivity index (χ0) is 14.6. The Labute approximate surface area is 114 Å². The van der Waals surface area contributed by atoms with Crippen LogP contribution in [0.15, 0.2) is 0 Å².